The fraction of sp³-hybridized carbons (Fsp3) is 0.0588. The number of nitrogen functional groups attached to an aromatic ring is 1. The summed E-state index contributed by atoms with van der Waals surface area (Å²) < 4.78 is 0. The molecule has 0 bridgehead atoms. The van der Waals surface area contributed by atoms with E-state index in [0.717, 1.165) is 11.3 Å². The van der Waals surface area contributed by atoms with Crippen LogP contribution < -0.4 is 11.1 Å². The molecule has 0 saturated heterocycles. The van der Waals surface area contributed by atoms with Crippen LogP contribution in [-0.4, -0.2) is 20.9 Å². The summed E-state index contributed by atoms with van der Waals surface area (Å²) in [5.41, 5.74) is 7.78. The predicted octanol–water partition coefficient (Wildman–Crippen LogP) is 2.68. The maximum absolute atomic E-state index is 12.3. The number of carbonyl (C=O) groups is 1. The average Bonchev–Trinajstić information content (AvgIpc) is 2.55. The van der Waals surface area contributed by atoms with Crippen molar-refractivity contribution in [2.75, 3.05) is 11.1 Å². The highest BCUT2D eigenvalue weighted by molar-refractivity contribution is 6.06. The number of hydrogen-bond donors (Lipinski definition) is 2. The van der Waals surface area contributed by atoms with Gasteiger partial charge in [-0.15, -0.1) is 0 Å². The van der Waals surface area contributed by atoms with Crippen molar-refractivity contribution in [1.82, 2.24) is 15.0 Å². The smallest absolute Gasteiger partial charge is 0.262 e. The van der Waals surface area contributed by atoms with Crippen LogP contribution in [0.3, 0.4) is 0 Å². The van der Waals surface area contributed by atoms with Crippen molar-refractivity contribution in [2.45, 2.75) is 6.92 Å². The van der Waals surface area contributed by atoms with Crippen molar-refractivity contribution in [3.8, 4) is 11.4 Å². The Bertz CT molecular complexity index is 849. The number of benzene rings is 1. The number of rotatable bonds is 3. The number of carbonyl (C=O) groups excluding carboxylic acids is 1. The van der Waals surface area contributed by atoms with Gasteiger partial charge in [-0.1, -0.05) is 36.4 Å². The van der Waals surface area contributed by atoms with Gasteiger partial charge in [-0.3, -0.25) is 4.79 Å². The van der Waals surface area contributed by atoms with Crippen molar-refractivity contribution < 1.29 is 4.79 Å². The lowest BCUT2D eigenvalue weighted by Crippen LogP contribution is -2.16. The normalized spacial score (nSPS) is 10.3. The molecule has 6 heteroatoms. The van der Waals surface area contributed by atoms with Crippen molar-refractivity contribution in [2.24, 2.45) is 0 Å². The molecule has 3 rings (SSSR count). The number of pyridine rings is 1. The summed E-state index contributed by atoms with van der Waals surface area (Å²) in [6.45, 7) is 1.85. The van der Waals surface area contributed by atoms with Gasteiger partial charge >= 0.3 is 0 Å². The topological polar surface area (TPSA) is 93.8 Å². The minimum Gasteiger partial charge on any atom is -0.383 e. The number of nitrogens with two attached hydrogens (primary N) is 1. The maximum Gasteiger partial charge on any atom is 0.262 e. The summed E-state index contributed by atoms with van der Waals surface area (Å²) in [5.74, 6) is 0.680. The second kappa shape index (κ2) is 6.23. The van der Waals surface area contributed by atoms with Crippen LogP contribution in [0.25, 0.3) is 11.4 Å². The summed E-state index contributed by atoms with van der Waals surface area (Å²) in [6.07, 6.45) is 1.43. The molecule has 23 heavy (non-hydrogen) atoms. The lowest BCUT2D eigenvalue weighted by molar-refractivity contribution is 0.102. The Hall–Kier alpha value is -3.28. The van der Waals surface area contributed by atoms with Gasteiger partial charge in [0.15, 0.2) is 5.82 Å². The molecule has 0 aliphatic carbocycles. The molecule has 1 amide bonds. The second-order valence-electron chi connectivity index (χ2n) is 4.98. The summed E-state index contributed by atoms with van der Waals surface area (Å²) >= 11 is 0. The molecule has 0 aliphatic heterocycles. The maximum atomic E-state index is 12.3. The number of nitrogens with one attached hydrogen (secondary N) is 1. The van der Waals surface area contributed by atoms with E-state index in [2.05, 4.69) is 20.3 Å². The molecule has 6 nitrogen and oxygen atoms in total. The van der Waals surface area contributed by atoms with Crippen LogP contribution in [0, 0.1) is 6.92 Å². The van der Waals surface area contributed by atoms with E-state index in [9.17, 15) is 4.79 Å². The minimum absolute atomic E-state index is 0.129. The second-order valence-corrected chi connectivity index (χ2v) is 4.98. The molecule has 114 valence electrons. The van der Waals surface area contributed by atoms with Gasteiger partial charge in [0, 0.05) is 17.5 Å². The Kier molecular flexibility index (Phi) is 3.97. The van der Waals surface area contributed by atoms with Gasteiger partial charge in [0.05, 0.1) is 0 Å². The summed E-state index contributed by atoms with van der Waals surface area (Å²) in [4.78, 5) is 24.9. The number of aryl methyl sites for hydroxylation is 1. The zero-order valence-electron chi connectivity index (χ0n) is 12.5. The molecule has 0 saturated carbocycles. The number of hydrogen-bond acceptors (Lipinski definition) is 5. The third-order valence-corrected chi connectivity index (χ3v) is 3.22. The average molecular weight is 305 g/mol. The monoisotopic (exact) mass is 305 g/mol. The quantitative estimate of drug-likeness (QED) is 0.776. The van der Waals surface area contributed by atoms with Crippen molar-refractivity contribution in [3.63, 3.8) is 0 Å². The van der Waals surface area contributed by atoms with Crippen LogP contribution in [0.5, 0.6) is 0 Å². The highest BCUT2D eigenvalue weighted by Crippen LogP contribution is 2.18. The number of nitrogens with zero attached hydrogens (tertiary/aromatic N) is 3. The van der Waals surface area contributed by atoms with Gasteiger partial charge in [0.25, 0.3) is 5.91 Å². The summed E-state index contributed by atoms with van der Waals surface area (Å²) in [6, 6.07) is 14.8. The molecule has 0 spiro atoms. The standard InChI is InChI=1S/C17H15N5O/c1-11-6-5-9-14(20-11)21-17(23)13-10-19-16(22-15(13)18)12-7-3-2-4-8-12/h2-10H,1H3,(H2,18,19,22)(H,20,21,23). The molecule has 0 unspecified atom stereocenters. The lowest BCUT2D eigenvalue weighted by atomic mass is 10.2. The third-order valence-electron chi connectivity index (χ3n) is 3.22. The van der Waals surface area contributed by atoms with Crippen LogP contribution in [0.4, 0.5) is 11.6 Å². The highest BCUT2D eigenvalue weighted by Gasteiger charge is 2.14. The largest absolute Gasteiger partial charge is 0.383 e. The van der Waals surface area contributed by atoms with Crippen molar-refractivity contribution in [3.05, 3.63) is 66.0 Å². The molecular weight excluding hydrogens is 290 g/mol. The van der Waals surface area contributed by atoms with Gasteiger partial charge in [-0.25, -0.2) is 15.0 Å². The molecule has 0 radical (unpaired) electrons. The Morgan fingerprint density at radius 3 is 2.52 bits per heavy atom. The van der Waals surface area contributed by atoms with Crippen LogP contribution >= 0.6 is 0 Å². The van der Waals surface area contributed by atoms with E-state index >= 15 is 0 Å². The van der Waals surface area contributed by atoms with Crippen LogP contribution in [0.1, 0.15) is 16.1 Å². The van der Waals surface area contributed by atoms with E-state index in [1.54, 1.807) is 6.07 Å². The Morgan fingerprint density at radius 2 is 1.83 bits per heavy atom. The van der Waals surface area contributed by atoms with E-state index in [1.807, 2.05) is 49.4 Å². The van der Waals surface area contributed by atoms with Crippen LogP contribution in [0.15, 0.2) is 54.7 Å². The van der Waals surface area contributed by atoms with Gasteiger partial charge in [0.2, 0.25) is 0 Å². The molecule has 3 N–H and O–H groups in total. The van der Waals surface area contributed by atoms with Gasteiger partial charge < -0.3 is 11.1 Å². The van der Waals surface area contributed by atoms with Gasteiger partial charge in [-0.2, -0.15) is 0 Å². The minimum atomic E-state index is -0.389. The van der Waals surface area contributed by atoms with E-state index in [1.165, 1.54) is 6.20 Å². The zero-order valence-corrected chi connectivity index (χ0v) is 12.5. The predicted molar refractivity (Wildman–Crippen MR) is 88.8 cm³/mol. The molecule has 0 fully saturated rings. The fourth-order valence-corrected chi connectivity index (χ4v) is 2.09. The first-order valence-electron chi connectivity index (χ1n) is 7.06. The Labute approximate surface area is 133 Å². The molecular formula is C17H15N5O. The first kappa shape index (κ1) is 14.6. The fourth-order valence-electron chi connectivity index (χ4n) is 2.09. The molecule has 1 aromatic carbocycles. The molecule has 0 aliphatic rings. The van der Waals surface area contributed by atoms with E-state index in [0.29, 0.717) is 11.6 Å². The summed E-state index contributed by atoms with van der Waals surface area (Å²) in [7, 11) is 0. The molecule has 0 atom stereocenters. The Morgan fingerprint density at radius 1 is 1.04 bits per heavy atom. The van der Waals surface area contributed by atoms with Crippen LogP contribution in [0.2, 0.25) is 0 Å². The van der Waals surface area contributed by atoms with Crippen molar-refractivity contribution in [1.29, 1.82) is 0 Å². The number of anilines is 2. The van der Waals surface area contributed by atoms with Crippen LogP contribution in [-0.2, 0) is 0 Å². The first-order chi connectivity index (χ1) is 11.1. The summed E-state index contributed by atoms with van der Waals surface area (Å²) in [5, 5.41) is 2.69. The van der Waals surface area contributed by atoms with Crippen molar-refractivity contribution >= 4 is 17.5 Å². The number of aromatic nitrogens is 3. The molecule has 2 heterocycles. The lowest BCUT2D eigenvalue weighted by Gasteiger charge is -2.08. The molecule has 3 aromatic rings. The molecule has 2 aromatic heterocycles. The van der Waals surface area contributed by atoms with E-state index < -0.39 is 0 Å². The first-order valence-corrected chi connectivity index (χ1v) is 7.06. The van der Waals surface area contributed by atoms with Gasteiger partial charge in [0.1, 0.15) is 17.2 Å². The van der Waals surface area contributed by atoms with E-state index in [4.69, 9.17) is 5.73 Å². The zero-order chi connectivity index (χ0) is 16.2. The Balaban J connectivity index is 1.84. The number of amides is 1. The van der Waals surface area contributed by atoms with E-state index in [-0.39, 0.29) is 17.3 Å². The van der Waals surface area contributed by atoms with Gasteiger partial charge in [-0.05, 0) is 19.1 Å². The highest BCUT2D eigenvalue weighted by atomic mass is 16.1. The SMILES string of the molecule is Cc1cccc(NC(=O)c2cnc(-c3ccccc3)nc2N)n1. The third kappa shape index (κ3) is 3.32.